The summed E-state index contributed by atoms with van der Waals surface area (Å²) in [6.07, 6.45) is 13.0. The zero-order valence-corrected chi connectivity index (χ0v) is 9.82. The highest BCUT2D eigenvalue weighted by molar-refractivity contribution is 5.75. The zero-order chi connectivity index (χ0) is 12.2. The number of aliphatic imine (C=N–C) groups is 2. The second-order valence-electron chi connectivity index (χ2n) is 4.04. The molecule has 0 fully saturated rings. The third-order valence-electron chi connectivity index (χ3n) is 2.85. The molecule has 4 heteroatoms. The zero-order valence-electron chi connectivity index (χ0n) is 9.82. The first-order chi connectivity index (χ1) is 8.93. The van der Waals surface area contributed by atoms with Crippen molar-refractivity contribution < 1.29 is 0 Å². The van der Waals surface area contributed by atoms with Crippen molar-refractivity contribution in [1.29, 1.82) is 0 Å². The van der Waals surface area contributed by atoms with Gasteiger partial charge in [-0.05, 0) is 17.7 Å². The van der Waals surface area contributed by atoms with E-state index >= 15 is 0 Å². The second-order valence-corrected chi connectivity index (χ2v) is 4.04. The Bertz CT molecular complexity index is 561. The minimum Gasteiger partial charge on any atom is -0.264 e. The molecular weight excluding hydrogens is 224 g/mol. The summed E-state index contributed by atoms with van der Waals surface area (Å²) in [5.41, 5.74) is 4.62. The van der Waals surface area contributed by atoms with Gasteiger partial charge >= 0.3 is 0 Å². The van der Waals surface area contributed by atoms with Crippen LogP contribution in [0.2, 0.25) is 0 Å². The number of aromatic nitrogens is 2. The molecule has 0 N–H and O–H groups in total. The van der Waals surface area contributed by atoms with Crippen LogP contribution in [0.15, 0.2) is 46.9 Å². The predicted octanol–water partition coefficient (Wildman–Crippen LogP) is 2.68. The molecule has 18 heavy (non-hydrogen) atoms. The molecule has 2 aliphatic rings. The normalized spacial score (nSPS) is 13.8. The molecule has 0 aromatic carbocycles. The quantitative estimate of drug-likeness (QED) is 0.706. The molecule has 0 unspecified atom stereocenters. The van der Waals surface area contributed by atoms with Crippen molar-refractivity contribution in [3.8, 4) is 0 Å². The molecule has 0 spiro atoms. The Labute approximate surface area is 105 Å². The van der Waals surface area contributed by atoms with Crippen LogP contribution >= 0.6 is 0 Å². The highest BCUT2D eigenvalue weighted by Gasteiger charge is 2.03. The molecule has 88 valence electrons. The smallest absolute Gasteiger partial charge is 0.0844 e. The summed E-state index contributed by atoms with van der Waals surface area (Å²) in [5, 5.41) is 0. The van der Waals surface area contributed by atoms with Crippen LogP contribution < -0.4 is 0 Å². The first-order valence-corrected chi connectivity index (χ1v) is 5.84. The van der Waals surface area contributed by atoms with Gasteiger partial charge in [-0.2, -0.15) is 0 Å². The molecule has 0 radical (unpaired) electrons. The highest BCUT2D eigenvalue weighted by Crippen LogP contribution is 2.21. The number of fused-ring (bicyclic) bond motifs is 2. The number of nitrogens with zero attached hydrogens (tertiary/aromatic N) is 4. The van der Waals surface area contributed by atoms with Crippen LogP contribution in [0.1, 0.15) is 11.1 Å². The minimum atomic E-state index is 0.948. The topological polar surface area (TPSA) is 50.5 Å². The van der Waals surface area contributed by atoms with E-state index < -0.39 is 0 Å². The lowest BCUT2D eigenvalue weighted by atomic mass is 10.2. The molecular formula is C14H12N4. The van der Waals surface area contributed by atoms with Gasteiger partial charge < -0.3 is 0 Å². The van der Waals surface area contributed by atoms with Gasteiger partial charge in [0.05, 0.1) is 17.6 Å². The predicted molar refractivity (Wildman–Crippen MR) is 72.2 cm³/mol. The van der Waals surface area contributed by atoms with Gasteiger partial charge in [0.2, 0.25) is 0 Å². The van der Waals surface area contributed by atoms with Crippen LogP contribution in [0.5, 0.6) is 0 Å². The van der Waals surface area contributed by atoms with Crippen LogP contribution in [0.3, 0.4) is 0 Å². The van der Waals surface area contributed by atoms with Crippen LogP contribution in [-0.4, -0.2) is 22.4 Å². The third-order valence-corrected chi connectivity index (χ3v) is 2.85. The molecule has 0 bridgehead atoms. The fraction of sp³-hybridized carbons (Fsp3) is 0.143. The SMILES string of the molecule is C1=Nc2ccncc2C1.C1=Nc2cnccc2C1. The summed E-state index contributed by atoms with van der Waals surface area (Å²) in [5.74, 6) is 0. The average Bonchev–Trinajstić information content (AvgIpc) is 3.08. The molecule has 2 aromatic rings. The van der Waals surface area contributed by atoms with Crippen molar-refractivity contribution in [2.45, 2.75) is 12.8 Å². The number of hydrogen-bond donors (Lipinski definition) is 0. The van der Waals surface area contributed by atoms with Crippen LogP contribution in [0.25, 0.3) is 0 Å². The van der Waals surface area contributed by atoms with E-state index in [4.69, 9.17) is 0 Å². The van der Waals surface area contributed by atoms with Gasteiger partial charge in [-0.3, -0.25) is 20.0 Å². The van der Waals surface area contributed by atoms with E-state index in [1.807, 2.05) is 30.8 Å². The fourth-order valence-corrected chi connectivity index (χ4v) is 1.89. The number of pyridine rings is 2. The van der Waals surface area contributed by atoms with Crippen molar-refractivity contribution in [3.05, 3.63) is 48.0 Å². The maximum atomic E-state index is 4.13. The van der Waals surface area contributed by atoms with Gasteiger partial charge in [0.25, 0.3) is 0 Å². The largest absolute Gasteiger partial charge is 0.264 e. The highest BCUT2D eigenvalue weighted by atomic mass is 14.8. The van der Waals surface area contributed by atoms with Gasteiger partial charge in [-0.15, -0.1) is 0 Å². The monoisotopic (exact) mass is 236 g/mol. The first-order valence-electron chi connectivity index (χ1n) is 5.84. The third kappa shape index (κ3) is 2.18. The summed E-state index contributed by atoms with van der Waals surface area (Å²) < 4.78 is 0. The van der Waals surface area contributed by atoms with Gasteiger partial charge in [0.15, 0.2) is 0 Å². The van der Waals surface area contributed by atoms with Crippen molar-refractivity contribution in [2.24, 2.45) is 9.98 Å². The molecule has 0 saturated carbocycles. The Morgan fingerprint density at radius 1 is 0.722 bits per heavy atom. The van der Waals surface area contributed by atoms with E-state index in [9.17, 15) is 0 Å². The molecule has 0 atom stereocenters. The molecule has 4 heterocycles. The molecule has 2 aromatic heterocycles. The van der Waals surface area contributed by atoms with Crippen molar-refractivity contribution in [3.63, 3.8) is 0 Å². The van der Waals surface area contributed by atoms with E-state index in [0.717, 1.165) is 24.2 Å². The van der Waals surface area contributed by atoms with E-state index in [0.29, 0.717) is 0 Å². The Hall–Kier alpha value is -2.36. The van der Waals surface area contributed by atoms with Gasteiger partial charge in [0, 0.05) is 49.4 Å². The molecule has 2 aliphatic heterocycles. The van der Waals surface area contributed by atoms with Crippen LogP contribution in [0, 0.1) is 0 Å². The van der Waals surface area contributed by atoms with Crippen LogP contribution in [0.4, 0.5) is 11.4 Å². The maximum absolute atomic E-state index is 4.13. The Morgan fingerprint density at radius 2 is 1.44 bits per heavy atom. The van der Waals surface area contributed by atoms with Crippen LogP contribution in [-0.2, 0) is 12.8 Å². The van der Waals surface area contributed by atoms with Gasteiger partial charge in [-0.1, -0.05) is 0 Å². The molecule has 0 aliphatic carbocycles. The van der Waals surface area contributed by atoms with Gasteiger partial charge in [0.1, 0.15) is 0 Å². The first kappa shape index (κ1) is 10.8. The van der Waals surface area contributed by atoms with E-state index in [1.165, 1.54) is 11.1 Å². The summed E-state index contributed by atoms with van der Waals surface area (Å²) in [6, 6.07) is 3.93. The lowest BCUT2D eigenvalue weighted by Gasteiger charge is -1.90. The van der Waals surface area contributed by atoms with Gasteiger partial charge in [-0.25, -0.2) is 0 Å². The van der Waals surface area contributed by atoms with Crippen molar-refractivity contribution in [2.75, 3.05) is 0 Å². The molecule has 4 nitrogen and oxygen atoms in total. The fourth-order valence-electron chi connectivity index (χ4n) is 1.89. The van der Waals surface area contributed by atoms with Crippen molar-refractivity contribution in [1.82, 2.24) is 9.97 Å². The lowest BCUT2D eigenvalue weighted by molar-refractivity contribution is 1.25. The molecule has 0 saturated heterocycles. The Kier molecular flexibility index (Phi) is 2.92. The average molecular weight is 236 g/mol. The summed E-state index contributed by atoms with van der Waals surface area (Å²) >= 11 is 0. The Morgan fingerprint density at radius 3 is 2.28 bits per heavy atom. The minimum absolute atomic E-state index is 0.948. The number of rotatable bonds is 0. The molecule has 0 amide bonds. The summed E-state index contributed by atoms with van der Waals surface area (Å²) in [6.45, 7) is 0. The standard InChI is InChI=1S/2C7H6N2/c1-4-9-7-2-3-8-5-6(1)7;1-3-8-5-7-6(1)2-4-9-7/h2-5H,1H2;1,3-5H,2H2. The van der Waals surface area contributed by atoms with E-state index in [1.54, 1.807) is 18.6 Å². The summed E-state index contributed by atoms with van der Waals surface area (Å²) in [7, 11) is 0. The lowest BCUT2D eigenvalue weighted by Crippen LogP contribution is -1.78. The van der Waals surface area contributed by atoms with E-state index in [2.05, 4.69) is 20.0 Å². The second kappa shape index (κ2) is 4.87. The summed E-state index contributed by atoms with van der Waals surface area (Å²) in [4.78, 5) is 16.2. The Balaban J connectivity index is 0.000000111. The number of hydrogen-bond acceptors (Lipinski definition) is 4. The maximum Gasteiger partial charge on any atom is 0.0844 e. The van der Waals surface area contributed by atoms with Crippen molar-refractivity contribution >= 4 is 23.8 Å². The molecule has 4 rings (SSSR count). The van der Waals surface area contributed by atoms with E-state index in [-0.39, 0.29) is 0 Å².